The van der Waals surface area contributed by atoms with E-state index in [1.54, 1.807) is 0 Å². The number of hydrogen-bond donors (Lipinski definition) is 0. The molecule has 0 fully saturated rings. The molecule has 0 aliphatic carbocycles. The SMILES string of the molecule is N#Cc1cccc(S(=O)(=O)Cl)c1F. The van der Waals surface area contributed by atoms with Gasteiger partial charge in [-0.05, 0) is 12.1 Å². The molecule has 0 saturated carbocycles. The van der Waals surface area contributed by atoms with Gasteiger partial charge in [0.25, 0.3) is 9.05 Å². The largest absolute Gasteiger partial charge is 0.264 e. The summed E-state index contributed by atoms with van der Waals surface area (Å²) < 4.78 is 34.6. The number of benzene rings is 1. The van der Waals surface area contributed by atoms with Crippen molar-refractivity contribution in [2.45, 2.75) is 4.90 Å². The van der Waals surface area contributed by atoms with Gasteiger partial charge in [0.15, 0.2) is 5.82 Å². The molecule has 3 nitrogen and oxygen atoms in total. The Bertz CT molecular complexity index is 478. The van der Waals surface area contributed by atoms with Gasteiger partial charge in [-0.3, -0.25) is 0 Å². The molecule has 0 bridgehead atoms. The number of nitrogens with zero attached hydrogens (tertiary/aromatic N) is 1. The van der Waals surface area contributed by atoms with Gasteiger partial charge in [-0.2, -0.15) is 5.26 Å². The molecule has 0 unspecified atom stereocenters. The van der Waals surface area contributed by atoms with Gasteiger partial charge < -0.3 is 0 Å². The Morgan fingerprint density at radius 2 is 2.08 bits per heavy atom. The summed E-state index contributed by atoms with van der Waals surface area (Å²) in [5, 5.41) is 8.38. The fourth-order valence-corrected chi connectivity index (χ4v) is 1.71. The van der Waals surface area contributed by atoms with Crippen molar-refractivity contribution in [2.24, 2.45) is 0 Å². The summed E-state index contributed by atoms with van der Waals surface area (Å²) in [6.45, 7) is 0. The standard InChI is InChI=1S/C7H3ClFNO2S/c8-13(11,12)6-3-1-2-5(4-10)7(6)9/h1-3H. The van der Waals surface area contributed by atoms with Crippen molar-refractivity contribution >= 4 is 19.7 Å². The van der Waals surface area contributed by atoms with Crippen LogP contribution >= 0.6 is 10.7 Å². The molecule has 0 aromatic heterocycles. The first kappa shape index (κ1) is 9.96. The molecule has 0 saturated heterocycles. The molecule has 0 amide bonds. The Labute approximate surface area is 78.8 Å². The Balaban J connectivity index is 3.53. The lowest BCUT2D eigenvalue weighted by Crippen LogP contribution is -1.97. The van der Waals surface area contributed by atoms with Crippen LogP contribution in [-0.4, -0.2) is 8.42 Å². The molecule has 1 rings (SSSR count). The molecule has 1 aromatic carbocycles. The van der Waals surface area contributed by atoms with Gasteiger partial charge in [0.2, 0.25) is 0 Å². The second kappa shape index (κ2) is 3.32. The Morgan fingerprint density at radius 1 is 1.46 bits per heavy atom. The molecule has 0 aliphatic heterocycles. The van der Waals surface area contributed by atoms with Crippen molar-refractivity contribution in [1.29, 1.82) is 5.26 Å². The van der Waals surface area contributed by atoms with Gasteiger partial charge in [-0.1, -0.05) is 6.07 Å². The summed E-state index contributed by atoms with van der Waals surface area (Å²) in [5.41, 5.74) is -0.346. The van der Waals surface area contributed by atoms with Gasteiger partial charge in [-0.15, -0.1) is 0 Å². The molecule has 68 valence electrons. The van der Waals surface area contributed by atoms with E-state index in [1.165, 1.54) is 18.2 Å². The Hall–Kier alpha value is -1.12. The summed E-state index contributed by atoms with van der Waals surface area (Å²) in [5.74, 6) is -1.11. The van der Waals surface area contributed by atoms with E-state index >= 15 is 0 Å². The van der Waals surface area contributed by atoms with Crippen LogP contribution in [0, 0.1) is 17.1 Å². The third kappa shape index (κ3) is 1.97. The van der Waals surface area contributed by atoms with Crippen molar-refractivity contribution in [3.8, 4) is 6.07 Å². The van der Waals surface area contributed by atoms with Gasteiger partial charge in [0, 0.05) is 10.7 Å². The van der Waals surface area contributed by atoms with Crippen LogP contribution in [0.4, 0.5) is 4.39 Å². The first-order valence-electron chi connectivity index (χ1n) is 3.10. The molecule has 0 aliphatic rings. The Kier molecular flexibility index (Phi) is 2.55. The highest BCUT2D eigenvalue weighted by Crippen LogP contribution is 2.20. The van der Waals surface area contributed by atoms with Gasteiger partial charge in [0.1, 0.15) is 11.0 Å². The van der Waals surface area contributed by atoms with E-state index in [0.717, 1.165) is 6.07 Å². The molecule has 1 aromatic rings. The summed E-state index contributed by atoms with van der Waals surface area (Å²) in [6, 6.07) is 4.92. The fraction of sp³-hybridized carbons (Fsp3) is 0. The predicted octanol–water partition coefficient (Wildman–Crippen LogP) is 1.62. The van der Waals surface area contributed by atoms with E-state index in [4.69, 9.17) is 15.9 Å². The van der Waals surface area contributed by atoms with Crippen molar-refractivity contribution in [2.75, 3.05) is 0 Å². The van der Waals surface area contributed by atoms with Crippen molar-refractivity contribution in [3.05, 3.63) is 29.6 Å². The van der Waals surface area contributed by atoms with E-state index in [0.29, 0.717) is 0 Å². The topological polar surface area (TPSA) is 57.9 Å². The molecule has 0 atom stereocenters. The van der Waals surface area contributed by atoms with Gasteiger partial charge >= 0.3 is 0 Å². The summed E-state index contributed by atoms with van der Waals surface area (Å²) >= 11 is 0. The maximum absolute atomic E-state index is 13.1. The maximum atomic E-state index is 13.1. The zero-order chi connectivity index (χ0) is 10.1. The minimum absolute atomic E-state index is 0.346. The monoisotopic (exact) mass is 219 g/mol. The highest BCUT2D eigenvalue weighted by Gasteiger charge is 2.18. The lowest BCUT2D eigenvalue weighted by Gasteiger charge is -1.98. The van der Waals surface area contributed by atoms with Crippen LogP contribution in [0.3, 0.4) is 0 Å². The molecule has 0 radical (unpaired) electrons. The smallest absolute Gasteiger partial charge is 0.207 e. The van der Waals surface area contributed by atoms with Crippen LogP contribution in [0.15, 0.2) is 23.1 Å². The number of hydrogen-bond acceptors (Lipinski definition) is 3. The molecular weight excluding hydrogens is 217 g/mol. The Morgan fingerprint density at radius 3 is 2.54 bits per heavy atom. The molecule has 13 heavy (non-hydrogen) atoms. The summed E-state index contributed by atoms with van der Waals surface area (Å²) in [7, 11) is 0.796. The zero-order valence-electron chi connectivity index (χ0n) is 6.16. The van der Waals surface area contributed by atoms with Gasteiger partial charge in [-0.25, -0.2) is 12.8 Å². The molecular formula is C7H3ClFNO2S. The van der Waals surface area contributed by atoms with E-state index in [9.17, 15) is 12.8 Å². The van der Waals surface area contributed by atoms with Crippen LogP contribution in [0.1, 0.15) is 5.56 Å². The number of halogens is 2. The molecule has 6 heteroatoms. The van der Waals surface area contributed by atoms with E-state index in [2.05, 4.69) is 0 Å². The normalized spacial score (nSPS) is 10.8. The first-order chi connectivity index (χ1) is 5.96. The zero-order valence-corrected chi connectivity index (χ0v) is 7.73. The molecule has 0 N–H and O–H groups in total. The second-order valence-corrected chi connectivity index (χ2v) is 4.70. The van der Waals surface area contributed by atoms with Gasteiger partial charge in [0.05, 0.1) is 5.56 Å². The predicted molar refractivity (Wildman–Crippen MR) is 44.2 cm³/mol. The minimum atomic E-state index is -4.12. The van der Waals surface area contributed by atoms with E-state index < -0.39 is 19.8 Å². The molecule has 0 heterocycles. The fourth-order valence-electron chi connectivity index (χ4n) is 0.785. The lowest BCUT2D eigenvalue weighted by atomic mass is 10.2. The molecule has 0 spiro atoms. The van der Waals surface area contributed by atoms with Crippen LogP contribution in [0.5, 0.6) is 0 Å². The number of nitriles is 1. The summed E-state index contributed by atoms with van der Waals surface area (Å²) in [6.07, 6.45) is 0. The van der Waals surface area contributed by atoms with E-state index in [1.807, 2.05) is 0 Å². The highest BCUT2D eigenvalue weighted by molar-refractivity contribution is 8.13. The maximum Gasteiger partial charge on any atom is 0.264 e. The minimum Gasteiger partial charge on any atom is -0.207 e. The van der Waals surface area contributed by atoms with Crippen LogP contribution in [-0.2, 0) is 9.05 Å². The third-order valence-corrected chi connectivity index (χ3v) is 2.69. The quantitative estimate of drug-likeness (QED) is 0.675. The first-order valence-corrected chi connectivity index (χ1v) is 5.41. The van der Waals surface area contributed by atoms with Crippen molar-refractivity contribution < 1.29 is 12.8 Å². The third-order valence-electron chi connectivity index (χ3n) is 1.35. The van der Waals surface area contributed by atoms with Crippen molar-refractivity contribution in [1.82, 2.24) is 0 Å². The van der Waals surface area contributed by atoms with E-state index in [-0.39, 0.29) is 5.56 Å². The van der Waals surface area contributed by atoms with Crippen molar-refractivity contribution in [3.63, 3.8) is 0 Å². The lowest BCUT2D eigenvalue weighted by molar-refractivity contribution is 0.573. The van der Waals surface area contributed by atoms with Crippen LogP contribution in [0.2, 0.25) is 0 Å². The number of rotatable bonds is 1. The van der Waals surface area contributed by atoms with Crippen LogP contribution in [0.25, 0.3) is 0 Å². The second-order valence-electron chi connectivity index (χ2n) is 2.17. The highest BCUT2D eigenvalue weighted by atomic mass is 35.7. The average molecular weight is 220 g/mol. The summed E-state index contributed by atoms with van der Waals surface area (Å²) in [4.78, 5) is -0.673. The van der Waals surface area contributed by atoms with Crippen LogP contribution < -0.4 is 0 Å². The average Bonchev–Trinajstić information content (AvgIpc) is 2.02.